The minimum Gasteiger partial charge on any atom is -0.372 e. The molecule has 1 aliphatic carbocycles. The maximum absolute atomic E-state index is 12.6. The van der Waals surface area contributed by atoms with E-state index < -0.39 is 0 Å². The fourth-order valence-corrected chi connectivity index (χ4v) is 4.63. The number of hydrogen-bond acceptors (Lipinski definition) is 5. The Hall–Kier alpha value is -2.34. The van der Waals surface area contributed by atoms with E-state index in [1.54, 1.807) is 0 Å². The molecule has 3 fully saturated rings. The number of carbonyl (C=O) groups excluding carboxylic acids is 1. The van der Waals surface area contributed by atoms with Crippen LogP contribution in [0.1, 0.15) is 60.3 Å². The first-order valence-electron chi connectivity index (χ1n) is 11.0. The second-order valence-electron chi connectivity index (χ2n) is 9.00. The van der Waals surface area contributed by atoms with E-state index in [-0.39, 0.29) is 11.9 Å². The Labute approximate surface area is 172 Å². The van der Waals surface area contributed by atoms with Gasteiger partial charge in [0.2, 0.25) is 0 Å². The molecule has 2 aliphatic heterocycles. The molecule has 1 saturated carbocycles. The van der Waals surface area contributed by atoms with Crippen molar-refractivity contribution in [3.8, 4) is 0 Å². The normalized spacial score (nSPS) is 24.9. The van der Waals surface area contributed by atoms with Crippen molar-refractivity contribution in [2.75, 3.05) is 31.1 Å². The highest BCUT2D eigenvalue weighted by molar-refractivity contribution is 5.92. The number of nitrogens with one attached hydrogen (secondary N) is 1. The molecule has 0 spiro atoms. The van der Waals surface area contributed by atoms with Gasteiger partial charge in [-0.1, -0.05) is 24.2 Å². The van der Waals surface area contributed by atoms with Crippen LogP contribution in [0.4, 0.5) is 5.69 Å². The smallest absolute Gasteiger partial charge is 0.273 e. The first-order valence-corrected chi connectivity index (χ1v) is 11.0. The Morgan fingerprint density at radius 3 is 2.66 bits per heavy atom. The van der Waals surface area contributed by atoms with Gasteiger partial charge in [-0.05, 0) is 49.3 Å². The van der Waals surface area contributed by atoms with Crippen LogP contribution in [0, 0.1) is 5.92 Å². The van der Waals surface area contributed by atoms with Crippen molar-refractivity contribution in [1.82, 2.24) is 15.4 Å². The van der Waals surface area contributed by atoms with Gasteiger partial charge in [-0.3, -0.25) is 9.69 Å². The Morgan fingerprint density at radius 2 is 1.93 bits per heavy atom. The number of rotatable bonds is 6. The highest BCUT2D eigenvalue weighted by Crippen LogP contribution is 2.40. The standard InChI is InChI=1S/C23H30N4O2/c1-16-13-26(14-17-4-8-19(9-5-17)27-10-2-3-11-27)15-21(16)24-23(28)20-12-22(29-25-20)18-6-7-18/h4-5,8-9,12,16,18,21H,2-3,6-7,10-11,13-15H2,1H3,(H,24,28). The van der Waals surface area contributed by atoms with Crippen molar-refractivity contribution in [3.05, 3.63) is 47.3 Å². The number of likely N-dealkylation sites (tertiary alicyclic amines) is 1. The number of nitrogens with zero attached hydrogens (tertiary/aromatic N) is 3. The number of hydrogen-bond donors (Lipinski definition) is 1. The summed E-state index contributed by atoms with van der Waals surface area (Å²) in [6.45, 7) is 7.35. The van der Waals surface area contributed by atoms with E-state index in [1.165, 1.54) is 37.2 Å². The molecule has 5 rings (SSSR count). The van der Waals surface area contributed by atoms with Gasteiger partial charge in [0.1, 0.15) is 5.76 Å². The summed E-state index contributed by atoms with van der Waals surface area (Å²) in [5.74, 6) is 1.63. The number of anilines is 1. The van der Waals surface area contributed by atoms with E-state index in [2.05, 4.69) is 51.5 Å². The van der Waals surface area contributed by atoms with Crippen molar-refractivity contribution in [3.63, 3.8) is 0 Å². The SMILES string of the molecule is CC1CN(Cc2ccc(N3CCCC3)cc2)CC1NC(=O)c1cc(C2CC2)on1. The summed E-state index contributed by atoms with van der Waals surface area (Å²) in [5.41, 5.74) is 3.08. The molecule has 1 amide bonds. The lowest BCUT2D eigenvalue weighted by Gasteiger charge is -2.19. The minimum absolute atomic E-state index is 0.116. The van der Waals surface area contributed by atoms with Gasteiger partial charge < -0.3 is 14.7 Å². The van der Waals surface area contributed by atoms with E-state index in [0.29, 0.717) is 17.5 Å². The Morgan fingerprint density at radius 1 is 1.17 bits per heavy atom. The minimum atomic E-state index is -0.116. The first-order chi connectivity index (χ1) is 14.2. The van der Waals surface area contributed by atoms with E-state index in [4.69, 9.17) is 4.52 Å². The fourth-order valence-electron chi connectivity index (χ4n) is 4.63. The zero-order valence-electron chi connectivity index (χ0n) is 17.1. The largest absolute Gasteiger partial charge is 0.372 e. The summed E-state index contributed by atoms with van der Waals surface area (Å²) in [4.78, 5) is 17.5. The third kappa shape index (κ3) is 4.17. The molecule has 6 nitrogen and oxygen atoms in total. The van der Waals surface area contributed by atoms with E-state index >= 15 is 0 Å². The summed E-state index contributed by atoms with van der Waals surface area (Å²) >= 11 is 0. The van der Waals surface area contributed by atoms with Crippen LogP contribution < -0.4 is 10.2 Å². The van der Waals surface area contributed by atoms with Gasteiger partial charge in [-0.2, -0.15) is 0 Å². The molecule has 0 bridgehead atoms. The van der Waals surface area contributed by atoms with Crippen LogP contribution in [-0.2, 0) is 6.54 Å². The van der Waals surface area contributed by atoms with Gasteiger partial charge in [-0.25, -0.2) is 0 Å². The van der Waals surface area contributed by atoms with Crippen LogP contribution in [0.2, 0.25) is 0 Å². The van der Waals surface area contributed by atoms with Gasteiger partial charge in [-0.15, -0.1) is 0 Å². The Bertz CT molecular complexity index is 852. The molecule has 1 aromatic heterocycles. The van der Waals surface area contributed by atoms with Crippen LogP contribution in [0.15, 0.2) is 34.9 Å². The van der Waals surface area contributed by atoms with E-state index in [9.17, 15) is 4.79 Å². The molecule has 2 atom stereocenters. The van der Waals surface area contributed by atoms with Gasteiger partial charge >= 0.3 is 0 Å². The summed E-state index contributed by atoms with van der Waals surface area (Å²) in [7, 11) is 0. The molecular weight excluding hydrogens is 364 g/mol. The molecule has 2 saturated heterocycles. The molecule has 1 N–H and O–H groups in total. The van der Waals surface area contributed by atoms with Crippen LogP contribution in [0.3, 0.4) is 0 Å². The van der Waals surface area contributed by atoms with Gasteiger partial charge in [0.05, 0.1) is 0 Å². The van der Waals surface area contributed by atoms with Gasteiger partial charge in [0, 0.05) is 56.4 Å². The average molecular weight is 395 g/mol. The second kappa shape index (κ2) is 7.82. The predicted molar refractivity (Wildman–Crippen MR) is 112 cm³/mol. The highest BCUT2D eigenvalue weighted by Gasteiger charge is 2.33. The van der Waals surface area contributed by atoms with Gasteiger partial charge in [0.25, 0.3) is 5.91 Å². The molecule has 2 unspecified atom stereocenters. The topological polar surface area (TPSA) is 61.6 Å². The molecule has 154 valence electrons. The third-order valence-electron chi connectivity index (χ3n) is 6.56. The van der Waals surface area contributed by atoms with Crippen molar-refractivity contribution in [2.24, 2.45) is 5.92 Å². The average Bonchev–Trinajstić information content (AvgIpc) is 3.11. The zero-order valence-corrected chi connectivity index (χ0v) is 17.1. The number of carbonyl (C=O) groups is 1. The first kappa shape index (κ1) is 18.7. The van der Waals surface area contributed by atoms with Crippen LogP contribution >= 0.6 is 0 Å². The van der Waals surface area contributed by atoms with Crippen LogP contribution in [0.5, 0.6) is 0 Å². The lowest BCUT2D eigenvalue weighted by Crippen LogP contribution is -2.39. The maximum atomic E-state index is 12.6. The predicted octanol–water partition coefficient (Wildman–Crippen LogP) is 3.40. The number of aromatic nitrogens is 1. The van der Waals surface area contributed by atoms with Crippen molar-refractivity contribution >= 4 is 11.6 Å². The highest BCUT2D eigenvalue weighted by atomic mass is 16.5. The van der Waals surface area contributed by atoms with E-state index in [0.717, 1.165) is 38.2 Å². The maximum Gasteiger partial charge on any atom is 0.273 e. The zero-order chi connectivity index (χ0) is 19.8. The lowest BCUT2D eigenvalue weighted by atomic mass is 10.1. The van der Waals surface area contributed by atoms with Crippen molar-refractivity contribution in [2.45, 2.75) is 51.1 Å². The van der Waals surface area contributed by atoms with Crippen molar-refractivity contribution < 1.29 is 9.32 Å². The summed E-state index contributed by atoms with van der Waals surface area (Å²) in [6.07, 6.45) is 4.89. The monoisotopic (exact) mass is 394 g/mol. The molecule has 6 heteroatoms. The quantitative estimate of drug-likeness (QED) is 0.814. The fraction of sp³-hybridized carbons (Fsp3) is 0.565. The Balaban J connectivity index is 1.15. The van der Waals surface area contributed by atoms with Crippen molar-refractivity contribution in [1.29, 1.82) is 0 Å². The van der Waals surface area contributed by atoms with E-state index in [1.807, 2.05) is 6.07 Å². The molecule has 3 heterocycles. The van der Waals surface area contributed by atoms with Gasteiger partial charge in [0.15, 0.2) is 5.69 Å². The van der Waals surface area contributed by atoms with Crippen LogP contribution in [-0.4, -0.2) is 48.2 Å². The Kier molecular flexibility index (Phi) is 5.04. The summed E-state index contributed by atoms with van der Waals surface area (Å²) in [6, 6.07) is 11.0. The molecular formula is C23H30N4O2. The summed E-state index contributed by atoms with van der Waals surface area (Å²) < 4.78 is 5.32. The lowest BCUT2D eigenvalue weighted by molar-refractivity contribution is 0.0922. The number of benzene rings is 1. The molecule has 1 aromatic carbocycles. The number of amides is 1. The molecule has 2 aromatic rings. The molecule has 0 radical (unpaired) electrons. The van der Waals surface area contributed by atoms with Crippen LogP contribution in [0.25, 0.3) is 0 Å². The molecule has 3 aliphatic rings. The molecule has 29 heavy (non-hydrogen) atoms. The third-order valence-corrected chi connectivity index (χ3v) is 6.56. The second-order valence-corrected chi connectivity index (χ2v) is 9.00. The summed E-state index contributed by atoms with van der Waals surface area (Å²) in [5, 5.41) is 7.14.